The smallest absolute Gasteiger partial charge is 0.303 e. The Morgan fingerprint density at radius 2 is 1.96 bits per heavy atom. The highest BCUT2D eigenvalue weighted by atomic mass is 16.7. The van der Waals surface area contributed by atoms with Crippen LogP contribution in [0.3, 0.4) is 0 Å². The molecule has 1 saturated heterocycles. The summed E-state index contributed by atoms with van der Waals surface area (Å²) in [6.45, 7) is 8.80. The quantitative estimate of drug-likeness (QED) is 0.570. The minimum atomic E-state index is -0.493. The van der Waals surface area contributed by atoms with Crippen LogP contribution in [-0.2, 0) is 23.8 Å². The van der Waals surface area contributed by atoms with Crippen molar-refractivity contribution in [1.29, 1.82) is 0 Å². The van der Waals surface area contributed by atoms with Gasteiger partial charge in [-0.15, -0.1) is 0 Å². The van der Waals surface area contributed by atoms with Gasteiger partial charge in [0.2, 0.25) is 0 Å². The first-order valence-corrected chi connectivity index (χ1v) is 8.57. The van der Waals surface area contributed by atoms with Crippen LogP contribution in [0.5, 0.6) is 0 Å². The zero-order valence-electron chi connectivity index (χ0n) is 15.0. The highest BCUT2D eigenvalue weighted by molar-refractivity contribution is 5.84. The van der Waals surface area contributed by atoms with E-state index in [2.05, 4.69) is 13.8 Å². The summed E-state index contributed by atoms with van der Waals surface area (Å²) in [5.41, 5.74) is 0.986. The Balaban J connectivity index is 1.98. The molecule has 1 saturated carbocycles. The molecular formula is C19H28O5. The zero-order valence-corrected chi connectivity index (χ0v) is 15.0. The third-order valence-electron chi connectivity index (χ3n) is 4.27. The molecule has 2 atom stereocenters. The van der Waals surface area contributed by atoms with Crippen molar-refractivity contribution < 1.29 is 23.8 Å². The second kappa shape index (κ2) is 8.08. The summed E-state index contributed by atoms with van der Waals surface area (Å²) in [7, 11) is 0. The van der Waals surface area contributed by atoms with E-state index in [1.54, 1.807) is 6.08 Å². The SMILES string of the molecule is CC(=O)OC(/C=C/C(C)=C/C1OCC(C)(C)CO1)C1CCCC1=O. The first-order chi connectivity index (χ1) is 11.3. The fourth-order valence-electron chi connectivity index (χ4n) is 2.96. The molecule has 0 aromatic heterocycles. The van der Waals surface area contributed by atoms with Gasteiger partial charge in [-0.1, -0.05) is 25.5 Å². The van der Waals surface area contributed by atoms with Crippen molar-refractivity contribution in [3.63, 3.8) is 0 Å². The minimum Gasteiger partial charge on any atom is -0.458 e. The molecule has 0 aromatic carbocycles. The molecule has 0 N–H and O–H groups in total. The highest BCUT2D eigenvalue weighted by Gasteiger charge is 2.32. The average molecular weight is 336 g/mol. The number of rotatable bonds is 5. The minimum absolute atomic E-state index is 0.0390. The summed E-state index contributed by atoms with van der Waals surface area (Å²) in [5.74, 6) is -0.415. The monoisotopic (exact) mass is 336 g/mol. The largest absolute Gasteiger partial charge is 0.458 e. The lowest BCUT2D eigenvalue weighted by atomic mass is 9.95. The first-order valence-electron chi connectivity index (χ1n) is 8.57. The van der Waals surface area contributed by atoms with Crippen molar-refractivity contribution >= 4 is 11.8 Å². The standard InChI is InChI=1S/C19H28O5/c1-13(10-18-22-11-19(3,4)12-23-18)8-9-17(24-14(2)20)15-6-5-7-16(15)21/h8-10,15,17-18H,5-7,11-12H2,1-4H3/b9-8+,13-10+. The summed E-state index contributed by atoms with van der Waals surface area (Å²) in [5, 5.41) is 0. The third-order valence-corrected chi connectivity index (χ3v) is 4.27. The van der Waals surface area contributed by atoms with E-state index in [-0.39, 0.29) is 29.4 Å². The van der Waals surface area contributed by atoms with Gasteiger partial charge in [-0.05, 0) is 31.9 Å². The van der Waals surface area contributed by atoms with Gasteiger partial charge in [0, 0.05) is 18.8 Å². The molecule has 5 heteroatoms. The summed E-state index contributed by atoms with van der Waals surface area (Å²) >= 11 is 0. The summed E-state index contributed by atoms with van der Waals surface area (Å²) < 4.78 is 16.7. The molecule has 24 heavy (non-hydrogen) atoms. The lowest BCUT2D eigenvalue weighted by Crippen LogP contribution is -2.36. The van der Waals surface area contributed by atoms with E-state index in [1.165, 1.54) is 6.92 Å². The van der Waals surface area contributed by atoms with Gasteiger partial charge in [-0.25, -0.2) is 0 Å². The molecule has 0 aromatic rings. The maximum atomic E-state index is 11.9. The maximum Gasteiger partial charge on any atom is 0.303 e. The normalized spacial score (nSPS) is 26.8. The molecule has 2 fully saturated rings. The van der Waals surface area contributed by atoms with Crippen molar-refractivity contribution in [1.82, 2.24) is 0 Å². The summed E-state index contributed by atoms with van der Waals surface area (Å²) in [6, 6.07) is 0. The van der Waals surface area contributed by atoms with Crippen molar-refractivity contribution in [2.45, 2.75) is 59.4 Å². The number of ketones is 1. The summed E-state index contributed by atoms with van der Waals surface area (Å²) in [4.78, 5) is 23.3. The Bertz CT molecular complexity index is 522. The fraction of sp³-hybridized carbons (Fsp3) is 0.684. The van der Waals surface area contributed by atoms with Crippen molar-refractivity contribution in [2.75, 3.05) is 13.2 Å². The average Bonchev–Trinajstić information content (AvgIpc) is 2.91. The number of carbonyl (C=O) groups is 2. The molecule has 5 nitrogen and oxygen atoms in total. The highest BCUT2D eigenvalue weighted by Crippen LogP contribution is 2.28. The number of ether oxygens (including phenoxy) is 3. The van der Waals surface area contributed by atoms with Crippen LogP contribution < -0.4 is 0 Å². The Morgan fingerprint density at radius 1 is 1.29 bits per heavy atom. The van der Waals surface area contributed by atoms with Crippen LogP contribution in [0.15, 0.2) is 23.8 Å². The van der Waals surface area contributed by atoms with Gasteiger partial charge in [0.15, 0.2) is 6.29 Å². The van der Waals surface area contributed by atoms with Gasteiger partial charge < -0.3 is 14.2 Å². The predicted octanol–water partition coefficient (Wildman–Crippen LogP) is 3.19. The molecule has 0 bridgehead atoms. The number of hydrogen-bond acceptors (Lipinski definition) is 5. The first kappa shape index (κ1) is 18.9. The molecule has 2 aliphatic rings. The van der Waals surface area contributed by atoms with Gasteiger partial charge in [0.05, 0.1) is 19.1 Å². The van der Waals surface area contributed by atoms with E-state index in [9.17, 15) is 9.59 Å². The second-order valence-electron chi connectivity index (χ2n) is 7.46. The lowest BCUT2D eigenvalue weighted by Gasteiger charge is -2.33. The molecule has 0 spiro atoms. The maximum absolute atomic E-state index is 11.9. The van der Waals surface area contributed by atoms with Crippen LogP contribution in [-0.4, -0.2) is 37.4 Å². The van der Waals surface area contributed by atoms with Gasteiger partial charge in [-0.2, -0.15) is 0 Å². The predicted molar refractivity (Wildman–Crippen MR) is 90.3 cm³/mol. The second-order valence-corrected chi connectivity index (χ2v) is 7.46. The molecule has 1 aliphatic heterocycles. The van der Waals surface area contributed by atoms with E-state index >= 15 is 0 Å². The molecule has 1 heterocycles. The zero-order chi connectivity index (χ0) is 17.7. The Labute approximate surface area is 144 Å². The van der Waals surface area contributed by atoms with Gasteiger partial charge >= 0.3 is 5.97 Å². The number of allylic oxidation sites excluding steroid dienone is 2. The molecule has 0 radical (unpaired) electrons. The van der Waals surface area contributed by atoms with E-state index < -0.39 is 6.10 Å². The van der Waals surface area contributed by atoms with E-state index in [0.29, 0.717) is 19.6 Å². The van der Waals surface area contributed by atoms with Crippen molar-refractivity contribution in [3.05, 3.63) is 23.8 Å². The Hall–Kier alpha value is -1.46. The summed E-state index contributed by atoms with van der Waals surface area (Å²) in [6.07, 6.45) is 6.92. The van der Waals surface area contributed by atoms with E-state index in [4.69, 9.17) is 14.2 Å². The van der Waals surface area contributed by atoms with E-state index in [0.717, 1.165) is 18.4 Å². The van der Waals surface area contributed by atoms with Crippen molar-refractivity contribution in [3.8, 4) is 0 Å². The molecule has 2 unspecified atom stereocenters. The topological polar surface area (TPSA) is 61.8 Å². The third kappa shape index (κ3) is 5.56. The molecule has 134 valence electrons. The van der Waals surface area contributed by atoms with Crippen molar-refractivity contribution in [2.24, 2.45) is 11.3 Å². The number of esters is 1. The van der Waals surface area contributed by atoms with Gasteiger partial charge in [0.1, 0.15) is 11.9 Å². The Morgan fingerprint density at radius 3 is 2.50 bits per heavy atom. The Kier molecular flexibility index (Phi) is 6.35. The molecule has 2 rings (SSSR count). The van der Waals surface area contributed by atoms with Crippen LogP contribution >= 0.6 is 0 Å². The van der Waals surface area contributed by atoms with E-state index in [1.807, 2.05) is 19.1 Å². The van der Waals surface area contributed by atoms with Crippen LogP contribution in [0, 0.1) is 11.3 Å². The fourth-order valence-corrected chi connectivity index (χ4v) is 2.96. The van der Waals surface area contributed by atoms with Crippen LogP contribution in [0.4, 0.5) is 0 Å². The molecule has 0 amide bonds. The molecule has 1 aliphatic carbocycles. The van der Waals surface area contributed by atoms with Crippen LogP contribution in [0.2, 0.25) is 0 Å². The molecular weight excluding hydrogens is 308 g/mol. The van der Waals surface area contributed by atoms with Crippen LogP contribution in [0.1, 0.15) is 47.0 Å². The van der Waals surface area contributed by atoms with Gasteiger partial charge in [-0.3, -0.25) is 9.59 Å². The van der Waals surface area contributed by atoms with Gasteiger partial charge in [0.25, 0.3) is 0 Å². The lowest BCUT2D eigenvalue weighted by molar-refractivity contribution is -0.197. The number of hydrogen-bond donors (Lipinski definition) is 0. The number of Topliss-reactive ketones (excluding diaryl/α,β-unsaturated/α-hetero) is 1. The van der Waals surface area contributed by atoms with Crippen LogP contribution in [0.25, 0.3) is 0 Å². The number of carbonyl (C=O) groups excluding carboxylic acids is 2.